The Hall–Kier alpha value is -2.15. The molecule has 140 valence electrons. The Morgan fingerprint density at radius 1 is 1.27 bits per heavy atom. The zero-order chi connectivity index (χ0) is 18.7. The number of hydrogen-bond donors (Lipinski definition) is 0. The molecule has 0 radical (unpaired) electrons. The van der Waals surface area contributed by atoms with E-state index in [2.05, 4.69) is 9.88 Å². The maximum absolute atomic E-state index is 13.3. The smallest absolute Gasteiger partial charge is 0.415 e. The molecule has 1 aromatic heterocycles. The number of amides is 1. The van der Waals surface area contributed by atoms with Gasteiger partial charge >= 0.3 is 6.09 Å². The van der Waals surface area contributed by atoms with Crippen molar-refractivity contribution in [1.82, 2.24) is 4.98 Å². The van der Waals surface area contributed by atoms with Crippen LogP contribution in [0.4, 0.5) is 20.0 Å². The number of rotatable bonds is 4. The topological polar surface area (TPSA) is 45.7 Å². The summed E-state index contributed by atoms with van der Waals surface area (Å²) in [6.45, 7) is 7.87. The molecule has 1 aromatic carbocycles. The van der Waals surface area contributed by atoms with E-state index in [1.165, 1.54) is 29.9 Å². The van der Waals surface area contributed by atoms with Gasteiger partial charge < -0.3 is 9.64 Å². The molecular weight excluding hydrogens is 353 g/mol. The van der Waals surface area contributed by atoms with Crippen LogP contribution in [0.15, 0.2) is 30.5 Å². The van der Waals surface area contributed by atoms with Crippen LogP contribution in [-0.4, -0.2) is 29.8 Å². The van der Waals surface area contributed by atoms with E-state index in [1.54, 1.807) is 29.7 Å². The van der Waals surface area contributed by atoms with Gasteiger partial charge in [-0.3, -0.25) is 4.90 Å². The third-order valence-electron chi connectivity index (χ3n) is 3.98. The maximum Gasteiger partial charge on any atom is 0.415 e. The first-order valence-electron chi connectivity index (χ1n) is 8.77. The van der Waals surface area contributed by atoms with Gasteiger partial charge in [0, 0.05) is 29.9 Å². The third kappa shape index (κ3) is 4.72. The van der Waals surface area contributed by atoms with Crippen LogP contribution < -0.4 is 9.80 Å². The van der Waals surface area contributed by atoms with Crippen LogP contribution in [0, 0.1) is 5.82 Å². The molecule has 2 heterocycles. The molecule has 0 saturated carbocycles. The highest BCUT2D eigenvalue weighted by Gasteiger charge is 2.25. The molecule has 5 nitrogen and oxygen atoms in total. The highest BCUT2D eigenvalue weighted by atomic mass is 32.1. The van der Waals surface area contributed by atoms with Crippen molar-refractivity contribution in [2.24, 2.45) is 0 Å². The van der Waals surface area contributed by atoms with Crippen molar-refractivity contribution in [3.05, 3.63) is 41.2 Å². The Morgan fingerprint density at radius 3 is 2.54 bits per heavy atom. The lowest BCUT2D eigenvalue weighted by atomic mass is 10.2. The van der Waals surface area contributed by atoms with Crippen molar-refractivity contribution in [2.45, 2.75) is 45.8 Å². The van der Waals surface area contributed by atoms with Gasteiger partial charge in [-0.2, -0.15) is 0 Å². The number of anilines is 2. The Bertz CT molecular complexity index is 749. The number of hydrogen-bond acceptors (Lipinski definition) is 5. The Morgan fingerprint density at radius 2 is 1.92 bits per heavy atom. The Balaban J connectivity index is 1.81. The summed E-state index contributed by atoms with van der Waals surface area (Å²) in [5.41, 5.74) is -0.0131. The van der Waals surface area contributed by atoms with Gasteiger partial charge in [-0.05, 0) is 57.9 Å². The van der Waals surface area contributed by atoms with Crippen molar-refractivity contribution in [3.8, 4) is 0 Å². The predicted octanol–water partition coefficient (Wildman–Crippen LogP) is 4.82. The summed E-state index contributed by atoms with van der Waals surface area (Å²) >= 11 is 1.58. The first-order valence-corrected chi connectivity index (χ1v) is 9.59. The minimum absolute atomic E-state index is 0.339. The molecule has 0 atom stereocenters. The highest BCUT2D eigenvalue weighted by Crippen LogP contribution is 2.29. The van der Waals surface area contributed by atoms with E-state index < -0.39 is 11.7 Å². The Labute approximate surface area is 157 Å². The van der Waals surface area contributed by atoms with Gasteiger partial charge in [-0.1, -0.05) is 0 Å². The van der Waals surface area contributed by atoms with Crippen LogP contribution in [0.3, 0.4) is 0 Å². The van der Waals surface area contributed by atoms with E-state index >= 15 is 0 Å². The summed E-state index contributed by atoms with van der Waals surface area (Å²) in [6, 6.07) is 5.85. The van der Waals surface area contributed by atoms with Crippen LogP contribution >= 0.6 is 11.3 Å². The average molecular weight is 377 g/mol. The van der Waals surface area contributed by atoms with Gasteiger partial charge in [0.1, 0.15) is 11.4 Å². The minimum atomic E-state index is -0.607. The lowest BCUT2D eigenvalue weighted by Crippen LogP contribution is -2.36. The maximum atomic E-state index is 13.3. The van der Waals surface area contributed by atoms with Gasteiger partial charge in [-0.15, -0.1) is 11.3 Å². The van der Waals surface area contributed by atoms with Gasteiger partial charge in [0.25, 0.3) is 0 Å². The lowest BCUT2D eigenvalue weighted by Gasteiger charge is -2.27. The molecule has 1 amide bonds. The van der Waals surface area contributed by atoms with E-state index in [4.69, 9.17) is 4.74 Å². The SMILES string of the molecule is CC(C)(C)OC(=O)N(Cc1cnc(N2CCCC2)s1)c1ccc(F)cc1. The fourth-order valence-corrected chi connectivity index (χ4v) is 3.73. The predicted molar refractivity (Wildman–Crippen MR) is 102 cm³/mol. The zero-order valence-electron chi connectivity index (χ0n) is 15.4. The van der Waals surface area contributed by atoms with Crippen LogP contribution in [0.25, 0.3) is 0 Å². The standard InChI is InChI=1S/C19H24FN3O2S/c1-19(2,3)25-18(24)23(15-8-6-14(20)7-9-15)13-16-12-21-17(26-16)22-10-4-5-11-22/h6-9,12H,4-5,10-11,13H2,1-3H3. The number of carbonyl (C=O) groups excluding carboxylic acids is 1. The molecular formula is C19H24FN3O2S. The largest absolute Gasteiger partial charge is 0.443 e. The fraction of sp³-hybridized carbons (Fsp3) is 0.474. The van der Waals surface area contributed by atoms with Crippen LogP contribution in [0.5, 0.6) is 0 Å². The lowest BCUT2D eigenvalue weighted by molar-refractivity contribution is 0.0578. The third-order valence-corrected chi connectivity index (χ3v) is 5.03. The van der Waals surface area contributed by atoms with Crippen molar-refractivity contribution in [2.75, 3.05) is 22.9 Å². The van der Waals surface area contributed by atoms with Crippen molar-refractivity contribution < 1.29 is 13.9 Å². The molecule has 0 bridgehead atoms. The summed E-state index contributed by atoms with van der Waals surface area (Å²) in [4.78, 5) is 21.9. The minimum Gasteiger partial charge on any atom is -0.443 e. The van der Waals surface area contributed by atoms with Gasteiger partial charge in [0.05, 0.1) is 6.54 Å². The van der Waals surface area contributed by atoms with Crippen molar-refractivity contribution >= 4 is 28.2 Å². The first kappa shape index (κ1) is 18.6. The number of aromatic nitrogens is 1. The normalized spacial score (nSPS) is 14.5. The van der Waals surface area contributed by atoms with Crippen LogP contribution in [0.2, 0.25) is 0 Å². The molecule has 0 spiro atoms. The first-order chi connectivity index (χ1) is 12.3. The zero-order valence-corrected chi connectivity index (χ0v) is 16.2. The summed E-state index contributed by atoms with van der Waals surface area (Å²) in [5, 5.41) is 0.987. The van der Waals surface area contributed by atoms with Gasteiger partial charge in [0.15, 0.2) is 5.13 Å². The molecule has 1 fully saturated rings. The molecule has 0 N–H and O–H groups in total. The van der Waals surface area contributed by atoms with E-state index in [0.717, 1.165) is 23.1 Å². The quantitative estimate of drug-likeness (QED) is 0.766. The molecule has 7 heteroatoms. The monoisotopic (exact) mass is 377 g/mol. The molecule has 1 saturated heterocycles. The molecule has 1 aliphatic heterocycles. The molecule has 26 heavy (non-hydrogen) atoms. The van der Waals surface area contributed by atoms with Crippen molar-refractivity contribution in [1.29, 1.82) is 0 Å². The second-order valence-corrected chi connectivity index (χ2v) is 8.44. The van der Waals surface area contributed by atoms with E-state index in [9.17, 15) is 9.18 Å². The average Bonchev–Trinajstić information content (AvgIpc) is 3.23. The summed E-state index contributed by atoms with van der Waals surface area (Å²) < 4.78 is 18.8. The highest BCUT2D eigenvalue weighted by molar-refractivity contribution is 7.15. The second-order valence-electron chi connectivity index (χ2n) is 7.35. The number of ether oxygens (including phenoxy) is 1. The van der Waals surface area contributed by atoms with E-state index in [1.807, 2.05) is 20.8 Å². The van der Waals surface area contributed by atoms with E-state index in [0.29, 0.717) is 12.2 Å². The summed E-state index contributed by atoms with van der Waals surface area (Å²) in [5.74, 6) is -0.341. The fourth-order valence-electron chi connectivity index (χ4n) is 2.78. The summed E-state index contributed by atoms with van der Waals surface area (Å²) in [6.07, 6.45) is 3.72. The molecule has 0 unspecified atom stereocenters. The van der Waals surface area contributed by atoms with Gasteiger partial charge in [-0.25, -0.2) is 14.2 Å². The second kappa shape index (κ2) is 7.61. The number of thiazole rings is 1. The van der Waals surface area contributed by atoms with Gasteiger partial charge in [0.2, 0.25) is 0 Å². The summed E-state index contributed by atoms with van der Waals surface area (Å²) in [7, 11) is 0. The Kier molecular flexibility index (Phi) is 5.46. The molecule has 1 aliphatic rings. The molecule has 3 rings (SSSR count). The number of carbonyl (C=O) groups is 1. The van der Waals surface area contributed by atoms with Crippen molar-refractivity contribution in [3.63, 3.8) is 0 Å². The van der Waals surface area contributed by atoms with Crippen LogP contribution in [-0.2, 0) is 11.3 Å². The number of benzene rings is 1. The van der Waals surface area contributed by atoms with Crippen LogP contribution in [0.1, 0.15) is 38.5 Å². The van der Waals surface area contributed by atoms with E-state index in [-0.39, 0.29) is 5.82 Å². The molecule has 2 aromatic rings. The number of halogens is 1. The number of nitrogens with zero attached hydrogens (tertiary/aromatic N) is 3. The molecule has 0 aliphatic carbocycles.